The summed E-state index contributed by atoms with van der Waals surface area (Å²) in [6.07, 6.45) is 0.228. The minimum atomic E-state index is -4.39. The molecule has 0 aliphatic heterocycles. The van der Waals surface area contributed by atoms with Crippen LogP contribution in [0.25, 0.3) is 0 Å². The SMILES string of the molecule is O=C(CCc1ccccc1)NS(=O)(=O)c1cc(F)cc([N+](=O)[O-])c1. The molecule has 1 amide bonds. The van der Waals surface area contributed by atoms with Crippen molar-refractivity contribution in [1.29, 1.82) is 0 Å². The monoisotopic (exact) mass is 352 g/mol. The molecule has 1 N–H and O–H groups in total. The summed E-state index contributed by atoms with van der Waals surface area (Å²) in [6, 6.07) is 10.9. The fourth-order valence-corrected chi connectivity index (χ4v) is 3.03. The van der Waals surface area contributed by atoms with Crippen LogP contribution in [0.4, 0.5) is 10.1 Å². The Hall–Kier alpha value is -2.81. The lowest BCUT2D eigenvalue weighted by atomic mass is 10.1. The van der Waals surface area contributed by atoms with Crippen LogP contribution in [0.2, 0.25) is 0 Å². The van der Waals surface area contributed by atoms with Gasteiger partial charge < -0.3 is 0 Å². The van der Waals surface area contributed by atoms with Crippen molar-refractivity contribution in [1.82, 2.24) is 4.72 Å². The average molecular weight is 352 g/mol. The lowest BCUT2D eigenvalue weighted by Crippen LogP contribution is -2.30. The van der Waals surface area contributed by atoms with Gasteiger partial charge in [0, 0.05) is 12.5 Å². The predicted octanol–water partition coefficient (Wildman–Crippen LogP) is 2.17. The first-order chi connectivity index (χ1) is 11.3. The largest absolute Gasteiger partial charge is 0.274 e. The summed E-state index contributed by atoms with van der Waals surface area (Å²) in [7, 11) is -4.39. The van der Waals surface area contributed by atoms with Gasteiger partial charge in [-0.3, -0.25) is 14.9 Å². The Balaban J connectivity index is 2.10. The van der Waals surface area contributed by atoms with Gasteiger partial charge in [0.05, 0.1) is 15.9 Å². The Morgan fingerprint density at radius 2 is 1.83 bits per heavy atom. The van der Waals surface area contributed by atoms with Gasteiger partial charge in [0.1, 0.15) is 5.82 Å². The zero-order chi connectivity index (χ0) is 17.7. The molecule has 2 rings (SSSR count). The average Bonchev–Trinajstić information content (AvgIpc) is 2.53. The highest BCUT2D eigenvalue weighted by Gasteiger charge is 2.22. The minimum absolute atomic E-state index is 0.0966. The van der Waals surface area contributed by atoms with Crippen molar-refractivity contribution in [3.05, 3.63) is 70.0 Å². The lowest BCUT2D eigenvalue weighted by Gasteiger charge is -2.07. The number of nitrogens with zero attached hydrogens (tertiary/aromatic N) is 1. The first-order valence-electron chi connectivity index (χ1n) is 6.82. The van der Waals surface area contributed by atoms with E-state index in [1.54, 1.807) is 29.0 Å². The molecule has 0 fully saturated rings. The van der Waals surface area contributed by atoms with Crippen LogP contribution in [0.1, 0.15) is 12.0 Å². The summed E-state index contributed by atoms with van der Waals surface area (Å²) < 4.78 is 39.2. The van der Waals surface area contributed by atoms with E-state index >= 15 is 0 Å². The number of rotatable bonds is 6. The van der Waals surface area contributed by atoms with Crippen LogP contribution < -0.4 is 4.72 Å². The summed E-state index contributed by atoms with van der Waals surface area (Å²) in [6.45, 7) is 0. The number of aryl methyl sites for hydroxylation is 1. The molecule has 126 valence electrons. The maximum atomic E-state index is 13.3. The third kappa shape index (κ3) is 4.59. The third-order valence-electron chi connectivity index (χ3n) is 3.11. The molecule has 0 radical (unpaired) electrons. The lowest BCUT2D eigenvalue weighted by molar-refractivity contribution is -0.385. The van der Waals surface area contributed by atoms with E-state index < -0.39 is 37.3 Å². The molecule has 7 nitrogen and oxygen atoms in total. The van der Waals surface area contributed by atoms with Gasteiger partial charge in [-0.2, -0.15) is 0 Å². The van der Waals surface area contributed by atoms with Crippen LogP contribution in [-0.4, -0.2) is 19.2 Å². The maximum absolute atomic E-state index is 13.3. The Morgan fingerprint density at radius 3 is 2.46 bits per heavy atom. The van der Waals surface area contributed by atoms with Crippen LogP contribution in [0.5, 0.6) is 0 Å². The van der Waals surface area contributed by atoms with Gasteiger partial charge in [-0.15, -0.1) is 0 Å². The molecule has 0 aliphatic rings. The number of halogens is 1. The van der Waals surface area contributed by atoms with Crippen LogP contribution in [-0.2, 0) is 21.2 Å². The number of carbonyl (C=O) groups excluding carboxylic acids is 1. The van der Waals surface area contributed by atoms with Crippen LogP contribution in [0.15, 0.2) is 53.4 Å². The number of amides is 1. The third-order valence-corrected chi connectivity index (χ3v) is 4.46. The van der Waals surface area contributed by atoms with E-state index in [4.69, 9.17) is 0 Å². The van der Waals surface area contributed by atoms with Gasteiger partial charge in [0.15, 0.2) is 0 Å². The quantitative estimate of drug-likeness (QED) is 0.633. The molecule has 0 bridgehead atoms. The van der Waals surface area contributed by atoms with E-state index in [0.717, 1.165) is 5.56 Å². The summed E-state index contributed by atoms with van der Waals surface area (Å²) in [4.78, 5) is 20.9. The molecule has 0 aliphatic carbocycles. The molecule has 0 unspecified atom stereocenters. The van der Waals surface area contributed by atoms with E-state index in [0.29, 0.717) is 24.6 Å². The number of benzene rings is 2. The number of sulfonamides is 1. The van der Waals surface area contributed by atoms with Crippen LogP contribution >= 0.6 is 0 Å². The van der Waals surface area contributed by atoms with Crippen molar-refractivity contribution < 1.29 is 22.5 Å². The van der Waals surface area contributed by atoms with E-state index in [1.165, 1.54) is 0 Å². The molecule has 0 heterocycles. The Labute approximate surface area is 137 Å². The molecule has 2 aromatic rings. The van der Waals surface area contributed by atoms with Gasteiger partial charge in [0.25, 0.3) is 15.7 Å². The first-order valence-corrected chi connectivity index (χ1v) is 8.31. The minimum Gasteiger partial charge on any atom is -0.274 e. The second-order valence-electron chi connectivity index (χ2n) is 4.92. The zero-order valence-electron chi connectivity index (χ0n) is 12.3. The summed E-state index contributed by atoms with van der Waals surface area (Å²) >= 11 is 0. The number of nitro benzene ring substituents is 1. The maximum Gasteiger partial charge on any atom is 0.273 e. The predicted molar refractivity (Wildman–Crippen MR) is 83.1 cm³/mol. The fraction of sp³-hybridized carbons (Fsp3) is 0.133. The van der Waals surface area contributed by atoms with Crippen molar-refractivity contribution in [3.63, 3.8) is 0 Å². The molecule has 0 atom stereocenters. The normalized spacial score (nSPS) is 11.0. The molecule has 0 saturated heterocycles. The Morgan fingerprint density at radius 1 is 1.17 bits per heavy atom. The topological polar surface area (TPSA) is 106 Å². The standard InChI is InChI=1S/C15H13FN2O5S/c16-12-8-13(18(20)21)10-14(9-12)24(22,23)17-15(19)7-6-11-4-2-1-3-5-11/h1-5,8-10H,6-7H2,(H,17,19). The van der Waals surface area contributed by atoms with Crippen molar-refractivity contribution in [3.8, 4) is 0 Å². The second kappa shape index (κ2) is 7.18. The number of hydrogen-bond acceptors (Lipinski definition) is 5. The van der Waals surface area contributed by atoms with Crippen molar-refractivity contribution in [2.75, 3.05) is 0 Å². The second-order valence-corrected chi connectivity index (χ2v) is 6.60. The van der Waals surface area contributed by atoms with Gasteiger partial charge in [-0.05, 0) is 18.1 Å². The number of nitrogens with one attached hydrogen (secondary N) is 1. The van der Waals surface area contributed by atoms with E-state index in [-0.39, 0.29) is 6.42 Å². The van der Waals surface area contributed by atoms with Gasteiger partial charge in [-0.25, -0.2) is 17.5 Å². The van der Waals surface area contributed by atoms with E-state index in [9.17, 15) is 27.7 Å². The summed E-state index contributed by atoms with van der Waals surface area (Å²) in [5, 5.41) is 10.7. The molecular weight excluding hydrogens is 339 g/mol. The number of nitro groups is 1. The molecular formula is C15H13FN2O5S. The molecule has 0 saturated carbocycles. The van der Waals surface area contributed by atoms with Crippen LogP contribution in [0, 0.1) is 15.9 Å². The molecule has 9 heteroatoms. The molecule has 0 aromatic heterocycles. The van der Waals surface area contributed by atoms with Gasteiger partial charge in [0.2, 0.25) is 5.91 Å². The molecule has 2 aromatic carbocycles. The number of non-ortho nitro benzene ring substituents is 1. The zero-order valence-corrected chi connectivity index (χ0v) is 13.1. The van der Waals surface area contributed by atoms with Crippen molar-refractivity contribution >= 4 is 21.6 Å². The number of hydrogen-bond donors (Lipinski definition) is 1. The highest BCUT2D eigenvalue weighted by atomic mass is 32.2. The van der Waals surface area contributed by atoms with Crippen LogP contribution in [0.3, 0.4) is 0 Å². The first kappa shape index (κ1) is 17.5. The highest BCUT2D eigenvalue weighted by molar-refractivity contribution is 7.90. The molecule has 24 heavy (non-hydrogen) atoms. The Bertz CT molecular complexity index is 869. The van der Waals surface area contributed by atoms with E-state index in [1.807, 2.05) is 6.07 Å². The van der Waals surface area contributed by atoms with Crippen molar-refractivity contribution in [2.24, 2.45) is 0 Å². The van der Waals surface area contributed by atoms with Gasteiger partial charge in [-0.1, -0.05) is 30.3 Å². The van der Waals surface area contributed by atoms with E-state index in [2.05, 4.69) is 0 Å². The summed E-state index contributed by atoms with van der Waals surface area (Å²) in [5.41, 5.74) is 0.138. The van der Waals surface area contributed by atoms with Gasteiger partial charge >= 0.3 is 0 Å². The summed E-state index contributed by atoms with van der Waals surface area (Å²) in [5.74, 6) is -1.87. The van der Waals surface area contributed by atoms with Crippen molar-refractivity contribution in [2.45, 2.75) is 17.7 Å². The smallest absolute Gasteiger partial charge is 0.273 e. The Kier molecular flexibility index (Phi) is 5.24. The molecule has 0 spiro atoms. The number of carbonyl (C=O) groups is 1. The fourth-order valence-electron chi connectivity index (χ4n) is 1.97. The highest BCUT2D eigenvalue weighted by Crippen LogP contribution is 2.20.